The fourth-order valence-electron chi connectivity index (χ4n) is 2.84. The van der Waals surface area contributed by atoms with E-state index >= 15 is 0 Å². The number of hydrogen-bond donors (Lipinski definition) is 1. The Morgan fingerprint density at radius 1 is 1.33 bits per heavy atom. The van der Waals surface area contributed by atoms with Gasteiger partial charge in [0.1, 0.15) is 11.5 Å². The minimum Gasteiger partial charge on any atom is -0.466 e. The topological polar surface area (TPSA) is 54.7 Å². The van der Waals surface area contributed by atoms with Gasteiger partial charge in [0, 0.05) is 25.7 Å². The Kier molecular flexibility index (Phi) is 5.42. The van der Waals surface area contributed by atoms with Crippen LogP contribution in [0.1, 0.15) is 35.7 Å². The molecule has 1 aliphatic heterocycles. The lowest BCUT2D eigenvalue weighted by atomic mass is 10.0. The van der Waals surface area contributed by atoms with Crippen LogP contribution in [0.5, 0.6) is 0 Å². The maximum absolute atomic E-state index is 12.3. The first-order chi connectivity index (χ1) is 9.99. The van der Waals surface area contributed by atoms with Gasteiger partial charge in [-0.05, 0) is 25.8 Å². The van der Waals surface area contributed by atoms with Crippen LogP contribution in [-0.2, 0) is 4.74 Å². The van der Waals surface area contributed by atoms with Crippen molar-refractivity contribution in [2.24, 2.45) is 5.92 Å². The smallest absolute Gasteiger partial charge is 0.254 e. The summed E-state index contributed by atoms with van der Waals surface area (Å²) >= 11 is 0. The summed E-state index contributed by atoms with van der Waals surface area (Å²) < 4.78 is 10.8. The third-order valence-corrected chi connectivity index (χ3v) is 4.04. The zero-order chi connectivity index (χ0) is 15.4. The van der Waals surface area contributed by atoms with Gasteiger partial charge >= 0.3 is 0 Å². The molecule has 118 valence electrons. The minimum absolute atomic E-state index is 0.0525. The number of nitrogens with zero attached hydrogens (tertiary/aromatic N) is 1. The molecule has 1 saturated heterocycles. The second kappa shape index (κ2) is 7.09. The van der Waals surface area contributed by atoms with Crippen LogP contribution in [0.25, 0.3) is 0 Å². The van der Waals surface area contributed by atoms with Crippen molar-refractivity contribution in [3.8, 4) is 0 Å². The first-order valence-corrected chi connectivity index (χ1v) is 7.66. The van der Waals surface area contributed by atoms with Crippen LogP contribution in [0, 0.1) is 19.8 Å². The Hall–Kier alpha value is -1.33. The fraction of sp³-hybridized carbons (Fsp3) is 0.688. The maximum Gasteiger partial charge on any atom is 0.254 e. The summed E-state index contributed by atoms with van der Waals surface area (Å²) in [5.41, 5.74) is 0.636. The molecule has 2 heterocycles. The van der Waals surface area contributed by atoms with Crippen LogP contribution in [0.2, 0.25) is 0 Å². The van der Waals surface area contributed by atoms with Gasteiger partial charge in [0.25, 0.3) is 5.91 Å². The molecular weight excluding hydrogens is 268 g/mol. The van der Waals surface area contributed by atoms with Gasteiger partial charge in [-0.1, -0.05) is 13.8 Å². The first kappa shape index (κ1) is 16.0. The maximum atomic E-state index is 12.3. The predicted octanol–water partition coefficient (Wildman–Crippen LogP) is 1.98. The molecule has 0 aliphatic carbocycles. The molecule has 1 aliphatic rings. The Balaban J connectivity index is 1.95. The second-order valence-electron chi connectivity index (χ2n) is 6.00. The zero-order valence-electron chi connectivity index (χ0n) is 13.4. The molecular formula is C16H26N2O3. The van der Waals surface area contributed by atoms with Gasteiger partial charge in [-0.3, -0.25) is 9.69 Å². The summed E-state index contributed by atoms with van der Waals surface area (Å²) in [6.45, 7) is 12.1. The summed E-state index contributed by atoms with van der Waals surface area (Å²) in [5.74, 6) is 1.88. The lowest BCUT2D eigenvalue weighted by molar-refractivity contribution is 0.00672. The lowest BCUT2D eigenvalue weighted by Gasteiger charge is -2.36. The van der Waals surface area contributed by atoms with Gasteiger partial charge in [-0.15, -0.1) is 0 Å². The molecule has 1 aromatic rings. The van der Waals surface area contributed by atoms with Crippen LogP contribution in [0.15, 0.2) is 10.5 Å². The van der Waals surface area contributed by atoms with Crippen molar-refractivity contribution in [3.05, 3.63) is 23.2 Å². The average molecular weight is 294 g/mol. The molecule has 0 saturated carbocycles. The Labute approximate surface area is 126 Å². The molecule has 1 fully saturated rings. The third-order valence-electron chi connectivity index (χ3n) is 4.04. The van der Waals surface area contributed by atoms with Crippen molar-refractivity contribution in [3.63, 3.8) is 0 Å². The van der Waals surface area contributed by atoms with Crippen LogP contribution in [-0.4, -0.2) is 49.7 Å². The molecule has 0 radical (unpaired) electrons. The molecule has 5 nitrogen and oxygen atoms in total. The van der Waals surface area contributed by atoms with E-state index in [4.69, 9.17) is 9.15 Å². The van der Waals surface area contributed by atoms with Gasteiger partial charge in [0.2, 0.25) is 0 Å². The monoisotopic (exact) mass is 294 g/mol. The molecule has 1 amide bonds. The van der Waals surface area contributed by atoms with Crippen LogP contribution < -0.4 is 5.32 Å². The number of hydrogen-bond acceptors (Lipinski definition) is 4. The van der Waals surface area contributed by atoms with Crippen molar-refractivity contribution in [2.75, 3.05) is 32.8 Å². The van der Waals surface area contributed by atoms with Gasteiger partial charge < -0.3 is 14.5 Å². The number of carbonyl (C=O) groups is 1. The second-order valence-corrected chi connectivity index (χ2v) is 6.00. The molecule has 21 heavy (non-hydrogen) atoms. The number of carbonyl (C=O) groups excluding carboxylic acids is 1. The number of aryl methyl sites for hydroxylation is 2. The standard InChI is InChI=1S/C16H26N2O3/c1-11(2)15(18-5-7-20-8-6-18)10-17-16(19)14-9-12(3)21-13(14)4/h9,11,15H,5-8,10H2,1-4H3,(H,17,19). The van der Waals surface area contributed by atoms with E-state index in [9.17, 15) is 4.79 Å². The van der Waals surface area contributed by atoms with Crippen LogP contribution in [0.4, 0.5) is 0 Å². The van der Waals surface area contributed by atoms with E-state index in [1.165, 1.54) is 0 Å². The number of rotatable bonds is 5. The summed E-state index contributed by atoms with van der Waals surface area (Å²) in [4.78, 5) is 14.7. The van der Waals surface area contributed by atoms with Gasteiger partial charge in [0.15, 0.2) is 0 Å². The van der Waals surface area contributed by atoms with Gasteiger partial charge in [-0.25, -0.2) is 0 Å². The highest BCUT2D eigenvalue weighted by Gasteiger charge is 2.24. The Morgan fingerprint density at radius 3 is 2.52 bits per heavy atom. The molecule has 1 N–H and O–H groups in total. The van der Waals surface area contributed by atoms with E-state index in [2.05, 4.69) is 24.1 Å². The minimum atomic E-state index is -0.0525. The number of furan rings is 1. The fourth-order valence-corrected chi connectivity index (χ4v) is 2.84. The van der Waals surface area contributed by atoms with E-state index < -0.39 is 0 Å². The largest absolute Gasteiger partial charge is 0.466 e. The number of morpholine rings is 1. The molecule has 0 bridgehead atoms. The molecule has 2 rings (SSSR count). The highest BCUT2D eigenvalue weighted by Crippen LogP contribution is 2.15. The van der Waals surface area contributed by atoms with Crippen molar-refractivity contribution in [2.45, 2.75) is 33.7 Å². The molecule has 1 unspecified atom stereocenters. The van der Waals surface area contributed by atoms with E-state index in [1.807, 2.05) is 13.8 Å². The molecule has 0 aromatic carbocycles. The molecule has 0 spiro atoms. The van der Waals surface area contributed by atoms with E-state index in [-0.39, 0.29) is 5.91 Å². The van der Waals surface area contributed by atoms with Gasteiger partial charge in [0.05, 0.1) is 18.8 Å². The third kappa shape index (κ3) is 4.08. The average Bonchev–Trinajstić information content (AvgIpc) is 2.78. The summed E-state index contributed by atoms with van der Waals surface area (Å²) in [7, 11) is 0. The lowest BCUT2D eigenvalue weighted by Crippen LogP contribution is -2.51. The van der Waals surface area contributed by atoms with E-state index in [1.54, 1.807) is 6.07 Å². The highest BCUT2D eigenvalue weighted by atomic mass is 16.5. The molecule has 1 atom stereocenters. The predicted molar refractivity (Wildman–Crippen MR) is 81.5 cm³/mol. The van der Waals surface area contributed by atoms with Gasteiger partial charge in [-0.2, -0.15) is 0 Å². The summed E-state index contributed by atoms with van der Waals surface area (Å²) in [6.07, 6.45) is 0. The number of ether oxygens (including phenoxy) is 1. The quantitative estimate of drug-likeness (QED) is 0.902. The Bertz CT molecular complexity index is 476. The number of nitrogens with one attached hydrogen (secondary N) is 1. The van der Waals surface area contributed by atoms with Crippen molar-refractivity contribution >= 4 is 5.91 Å². The highest BCUT2D eigenvalue weighted by molar-refractivity contribution is 5.95. The van der Waals surface area contributed by atoms with Crippen molar-refractivity contribution in [1.82, 2.24) is 10.2 Å². The SMILES string of the molecule is Cc1cc(C(=O)NCC(C(C)C)N2CCOCC2)c(C)o1. The first-order valence-electron chi connectivity index (χ1n) is 7.66. The molecule has 1 aromatic heterocycles. The zero-order valence-corrected chi connectivity index (χ0v) is 13.4. The van der Waals surface area contributed by atoms with Crippen molar-refractivity contribution in [1.29, 1.82) is 0 Å². The van der Waals surface area contributed by atoms with Crippen LogP contribution >= 0.6 is 0 Å². The van der Waals surface area contributed by atoms with E-state index in [0.29, 0.717) is 29.8 Å². The summed E-state index contributed by atoms with van der Waals surface area (Å²) in [6, 6.07) is 2.13. The molecule has 5 heteroatoms. The Morgan fingerprint density at radius 2 is 2.00 bits per heavy atom. The van der Waals surface area contributed by atoms with Crippen molar-refractivity contribution < 1.29 is 13.9 Å². The number of amides is 1. The summed E-state index contributed by atoms with van der Waals surface area (Å²) in [5, 5.41) is 3.05. The van der Waals surface area contributed by atoms with Crippen LogP contribution in [0.3, 0.4) is 0 Å². The van der Waals surface area contributed by atoms with E-state index in [0.717, 1.165) is 32.1 Å². The normalized spacial score (nSPS) is 18.0.